The molecule has 0 heterocycles. The topological polar surface area (TPSA) is 108 Å². The Morgan fingerprint density at radius 1 is 0.390 bits per heavy atom. The Bertz CT molecular complexity index is 1660. The van der Waals surface area contributed by atoms with Gasteiger partial charge in [0.1, 0.15) is 19.8 Å². The number of carbonyl (C=O) groups is 2. The Balaban J connectivity index is 3.94. The number of phosphoric ester groups is 1. The monoisotopic (exact) mass is 1170 g/mol. The number of unbranched alkanes of at least 4 members (excludes halogenated alkanes) is 35. The third-order valence-electron chi connectivity index (χ3n) is 14.9. The number of hydrogen-bond acceptors (Lipinski definition) is 7. The van der Waals surface area contributed by atoms with Gasteiger partial charge in [-0.1, -0.05) is 292 Å². The molecule has 82 heavy (non-hydrogen) atoms. The smallest absolute Gasteiger partial charge is 0.462 e. The molecule has 2 atom stereocenters. The number of hydrogen-bond donors (Lipinski definition) is 1. The highest BCUT2D eigenvalue weighted by Crippen LogP contribution is 2.43. The summed E-state index contributed by atoms with van der Waals surface area (Å²) in [5.41, 5.74) is 0. The van der Waals surface area contributed by atoms with Gasteiger partial charge in [-0.05, 0) is 89.9 Å². The van der Waals surface area contributed by atoms with Crippen molar-refractivity contribution in [1.82, 2.24) is 0 Å². The van der Waals surface area contributed by atoms with Crippen molar-refractivity contribution in [1.29, 1.82) is 0 Å². The van der Waals surface area contributed by atoms with Gasteiger partial charge in [-0.25, -0.2) is 4.57 Å². The fourth-order valence-corrected chi connectivity index (χ4v) is 10.4. The maximum absolute atomic E-state index is 12.9. The third kappa shape index (κ3) is 66.3. The first-order chi connectivity index (χ1) is 40.0. The van der Waals surface area contributed by atoms with E-state index in [1.165, 1.54) is 193 Å². The van der Waals surface area contributed by atoms with Crippen LogP contribution in [0.2, 0.25) is 0 Å². The number of carbonyl (C=O) groups excluding carboxylic acids is 2. The second-order valence-corrected chi connectivity index (χ2v) is 25.6. The van der Waals surface area contributed by atoms with Crippen molar-refractivity contribution in [3.05, 3.63) is 85.1 Å². The Hall–Kier alpha value is -2.81. The molecule has 10 heteroatoms. The Kier molecular flexibility index (Phi) is 60.6. The average molecular weight is 1170 g/mol. The van der Waals surface area contributed by atoms with Gasteiger partial charge < -0.3 is 18.9 Å². The average Bonchev–Trinajstić information content (AvgIpc) is 3.46. The van der Waals surface area contributed by atoms with Crippen LogP contribution in [0.1, 0.15) is 309 Å². The van der Waals surface area contributed by atoms with Crippen LogP contribution in [0.3, 0.4) is 0 Å². The van der Waals surface area contributed by atoms with Crippen LogP contribution < -0.4 is 0 Å². The lowest BCUT2D eigenvalue weighted by atomic mass is 10.0. The molecule has 0 aromatic rings. The lowest BCUT2D eigenvalue weighted by molar-refractivity contribution is -0.870. The van der Waals surface area contributed by atoms with Crippen molar-refractivity contribution in [3.8, 4) is 0 Å². The number of quaternary nitrogens is 1. The minimum absolute atomic E-state index is 0.0286. The standard InChI is InChI=1S/C72H130NO8P/c1-6-8-10-12-14-16-18-20-22-24-26-27-28-29-30-31-32-33-34-35-36-37-38-39-40-41-42-43-44-45-47-49-51-53-55-57-59-61-63-65-72(75)81-70(69-80-82(76,77)79-67-66-73(3,4)5)68-78-71(74)64-62-60-58-56-54-52-50-48-46-25-23-21-19-17-15-13-11-9-7-2/h8,10,14-17,20-23,26-27,46,48,70H,6-7,9,11-13,18-19,24-25,28-45,47,49-69H2,1-5H3/p+1/b10-8-,16-14-,17-15-,22-20-,23-21-,27-26-,48-46-. The van der Waals surface area contributed by atoms with Crippen LogP contribution in [0.25, 0.3) is 0 Å². The van der Waals surface area contributed by atoms with Gasteiger partial charge in [-0.2, -0.15) is 0 Å². The molecule has 0 spiro atoms. The van der Waals surface area contributed by atoms with E-state index in [1.54, 1.807) is 0 Å². The first-order valence-electron chi connectivity index (χ1n) is 34.3. The quantitative estimate of drug-likeness (QED) is 0.0211. The van der Waals surface area contributed by atoms with E-state index in [-0.39, 0.29) is 32.0 Å². The van der Waals surface area contributed by atoms with E-state index in [9.17, 15) is 19.0 Å². The third-order valence-corrected chi connectivity index (χ3v) is 15.9. The van der Waals surface area contributed by atoms with E-state index in [2.05, 4.69) is 98.9 Å². The van der Waals surface area contributed by atoms with Gasteiger partial charge in [0.25, 0.3) is 0 Å². The van der Waals surface area contributed by atoms with E-state index in [1.807, 2.05) is 21.1 Å². The summed E-state index contributed by atoms with van der Waals surface area (Å²) in [4.78, 5) is 35.8. The van der Waals surface area contributed by atoms with E-state index in [0.717, 1.165) is 83.5 Å². The number of esters is 2. The molecule has 0 bridgehead atoms. The maximum atomic E-state index is 12.9. The normalized spacial score (nSPS) is 13.7. The summed E-state index contributed by atoms with van der Waals surface area (Å²) in [5.74, 6) is -0.802. The van der Waals surface area contributed by atoms with E-state index in [0.29, 0.717) is 17.4 Å². The summed E-state index contributed by atoms with van der Waals surface area (Å²) in [7, 11) is 1.47. The fourth-order valence-electron chi connectivity index (χ4n) is 9.66. The zero-order valence-electron chi connectivity index (χ0n) is 54.2. The van der Waals surface area contributed by atoms with Gasteiger partial charge in [-0.3, -0.25) is 18.6 Å². The van der Waals surface area contributed by atoms with Crippen LogP contribution in [0.4, 0.5) is 0 Å². The molecule has 0 aliphatic rings. The second-order valence-electron chi connectivity index (χ2n) is 24.2. The first kappa shape index (κ1) is 79.2. The molecular formula is C72H131NO8P+. The fraction of sp³-hybridized carbons (Fsp3) is 0.778. The zero-order valence-corrected chi connectivity index (χ0v) is 55.1. The molecule has 9 nitrogen and oxygen atoms in total. The number of rotatable bonds is 63. The molecule has 0 aliphatic carbocycles. The number of ether oxygens (including phenoxy) is 2. The van der Waals surface area contributed by atoms with Gasteiger partial charge in [0.15, 0.2) is 6.10 Å². The van der Waals surface area contributed by atoms with Crippen molar-refractivity contribution >= 4 is 19.8 Å². The molecule has 2 unspecified atom stereocenters. The van der Waals surface area contributed by atoms with Crippen LogP contribution in [-0.2, 0) is 32.7 Å². The predicted octanol–water partition coefficient (Wildman–Crippen LogP) is 22.2. The van der Waals surface area contributed by atoms with Gasteiger partial charge >= 0.3 is 19.8 Å². The van der Waals surface area contributed by atoms with Crippen LogP contribution in [-0.4, -0.2) is 74.9 Å². The molecule has 0 saturated heterocycles. The zero-order chi connectivity index (χ0) is 59.8. The summed E-state index contributed by atoms with van der Waals surface area (Å²) in [6.45, 7) is 4.31. The molecule has 0 fully saturated rings. The van der Waals surface area contributed by atoms with Crippen molar-refractivity contribution in [3.63, 3.8) is 0 Å². The van der Waals surface area contributed by atoms with Gasteiger partial charge in [0.2, 0.25) is 0 Å². The molecule has 0 aromatic heterocycles. The van der Waals surface area contributed by atoms with Crippen LogP contribution in [0.5, 0.6) is 0 Å². The molecular weight excluding hydrogens is 1040 g/mol. The number of allylic oxidation sites excluding steroid dienone is 14. The maximum Gasteiger partial charge on any atom is 0.472 e. The number of nitrogens with zero attached hydrogens (tertiary/aromatic N) is 1. The molecule has 0 amide bonds. The molecule has 0 radical (unpaired) electrons. The first-order valence-corrected chi connectivity index (χ1v) is 35.8. The molecule has 0 rings (SSSR count). The van der Waals surface area contributed by atoms with Gasteiger partial charge in [-0.15, -0.1) is 0 Å². The van der Waals surface area contributed by atoms with E-state index < -0.39 is 26.5 Å². The Labute approximate surface area is 507 Å². The van der Waals surface area contributed by atoms with Crippen LogP contribution in [0, 0.1) is 0 Å². The summed E-state index contributed by atoms with van der Waals surface area (Å²) in [5, 5.41) is 0. The van der Waals surface area contributed by atoms with Crippen LogP contribution in [0.15, 0.2) is 85.1 Å². The Morgan fingerprint density at radius 3 is 1.04 bits per heavy atom. The summed E-state index contributed by atoms with van der Waals surface area (Å²) >= 11 is 0. The van der Waals surface area contributed by atoms with Gasteiger partial charge in [0.05, 0.1) is 27.7 Å². The largest absolute Gasteiger partial charge is 0.472 e. The molecule has 1 N–H and O–H groups in total. The summed E-state index contributed by atoms with van der Waals surface area (Å²) in [6, 6.07) is 0. The predicted molar refractivity (Wildman–Crippen MR) is 353 cm³/mol. The Morgan fingerprint density at radius 2 is 0.695 bits per heavy atom. The molecule has 0 aromatic carbocycles. The van der Waals surface area contributed by atoms with Gasteiger partial charge in [0, 0.05) is 12.8 Å². The highest BCUT2D eigenvalue weighted by atomic mass is 31.2. The van der Waals surface area contributed by atoms with E-state index in [4.69, 9.17) is 18.5 Å². The summed E-state index contributed by atoms with van der Waals surface area (Å²) < 4.78 is 34.7. The summed E-state index contributed by atoms with van der Waals surface area (Å²) in [6.07, 6.45) is 85.5. The molecule has 0 saturated carbocycles. The van der Waals surface area contributed by atoms with Crippen molar-refractivity contribution in [2.24, 2.45) is 0 Å². The minimum atomic E-state index is -4.39. The number of phosphoric acid groups is 1. The second kappa shape index (κ2) is 62.7. The van der Waals surface area contributed by atoms with Crippen molar-refractivity contribution in [2.45, 2.75) is 315 Å². The lowest BCUT2D eigenvalue weighted by Gasteiger charge is -2.24. The van der Waals surface area contributed by atoms with Crippen LogP contribution >= 0.6 is 7.82 Å². The number of likely N-dealkylation sites (N-methyl/N-ethyl adjacent to an activating group) is 1. The van der Waals surface area contributed by atoms with E-state index >= 15 is 0 Å². The van der Waals surface area contributed by atoms with Crippen molar-refractivity contribution in [2.75, 3.05) is 47.5 Å². The lowest BCUT2D eigenvalue weighted by Crippen LogP contribution is -2.37. The van der Waals surface area contributed by atoms with Crippen molar-refractivity contribution < 1.29 is 42.1 Å². The highest BCUT2D eigenvalue weighted by molar-refractivity contribution is 7.47. The SMILES string of the molecule is CC/C=C\C/C=C\C/C=C\C/C=C\CCCCCCCCCCCCCCCCCCCCCCCCCCCCC(=O)OC(COC(=O)CCCCCCCC/C=C\C/C=C\C/C=C\CCCCC)COP(=O)(O)OCC[N+](C)(C)C. The highest BCUT2D eigenvalue weighted by Gasteiger charge is 2.27. The molecule has 0 aliphatic heterocycles. The molecule has 476 valence electrons. The minimum Gasteiger partial charge on any atom is -0.462 e.